The van der Waals surface area contributed by atoms with Gasteiger partial charge in [0.25, 0.3) is 0 Å². The van der Waals surface area contributed by atoms with E-state index >= 15 is 0 Å². The van der Waals surface area contributed by atoms with Crippen LogP contribution in [0.2, 0.25) is 0 Å². The number of carboxylic acid groups (broad SMARTS) is 3. The third-order valence-corrected chi connectivity index (χ3v) is 3.83. The molecule has 0 heterocycles. The van der Waals surface area contributed by atoms with Gasteiger partial charge in [-0.15, -0.1) is 0 Å². The number of nitrogens with one attached hydrogen (secondary N) is 2. The molecule has 176 valence electrons. The van der Waals surface area contributed by atoms with Crippen LogP contribution in [-0.2, 0) is 24.0 Å². The summed E-state index contributed by atoms with van der Waals surface area (Å²) in [4.78, 5) is 60.3. The summed E-state index contributed by atoms with van der Waals surface area (Å²) in [6, 6.07) is 0. The molecule has 0 rings (SSSR count). The minimum Gasteiger partial charge on any atom is -0.480 e. The van der Waals surface area contributed by atoms with Gasteiger partial charge >= 0.3 is 17.9 Å². The van der Waals surface area contributed by atoms with E-state index in [4.69, 9.17) is 15.3 Å². The molecular formula is C16H29DyN5O8. The summed E-state index contributed by atoms with van der Waals surface area (Å²) in [5, 5.41) is 31.8. The van der Waals surface area contributed by atoms with E-state index in [0.29, 0.717) is 0 Å². The summed E-state index contributed by atoms with van der Waals surface area (Å²) in [6.07, 6.45) is 0. The molecule has 0 spiro atoms. The Kier molecular flexibility index (Phi) is 17.6. The largest absolute Gasteiger partial charge is 0.480 e. The summed E-state index contributed by atoms with van der Waals surface area (Å²) in [5.74, 6) is -4.13. The number of rotatable bonds is 16. The van der Waals surface area contributed by atoms with Gasteiger partial charge in [-0.05, 0) is 0 Å². The first-order valence-electron chi connectivity index (χ1n) is 8.81. The molecule has 0 aromatic rings. The normalized spacial score (nSPS) is 10.6. The summed E-state index contributed by atoms with van der Waals surface area (Å²) in [5.41, 5.74) is 0. The molecule has 0 bridgehead atoms. The van der Waals surface area contributed by atoms with Gasteiger partial charge in [0.05, 0.1) is 32.7 Å². The van der Waals surface area contributed by atoms with E-state index < -0.39 is 31.0 Å². The third-order valence-electron chi connectivity index (χ3n) is 3.83. The maximum Gasteiger partial charge on any atom is 0.317 e. The topological polar surface area (TPSA) is 180 Å². The smallest absolute Gasteiger partial charge is 0.317 e. The van der Waals surface area contributed by atoms with Crippen LogP contribution < -0.4 is 10.6 Å². The molecule has 0 aliphatic carbocycles. The van der Waals surface area contributed by atoms with Crippen molar-refractivity contribution < 1.29 is 77.5 Å². The van der Waals surface area contributed by atoms with Crippen LogP contribution in [0.15, 0.2) is 0 Å². The predicted octanol–water partition coefficient (Wildman–Crippen LogP) is -3.36. The first kappa shape index (κ1) is 30.7. The second-order valence-corrected chi connectivity index (χ2v) is 6.23. The van der Waals surface area contributed by atoms with Gasteiger partial charge in [-0.1, -0.05) is 0 Å². The second-order valence-electron chi connectivity index (χ2n) is 6.23. The van der Waals surface area contributed by atoms with Crippen LogP contribution in [0.1, 0.15) is 0 Å². The quantitative estimate of drug-likeness (QED) is 0.123. The molecule has 0 fully saturated rings. The Labute approximate surface area is 204 Å². The summed E-state index contributed by atoms with van der Waals surface area (Å²) >= 11 is 0. The second kappa shape index (κ2) is 17.2. The molecular weight excluding hydrogens is 553 g/mol. The Morgan fingerprint density at radius 2 is 0.833 bits per heavy atom. The number of hydrogen-bond donors (Lipinski definition) is 5. The number of carbonyl (C=O) groups is 5. The minimum absolute atomic E-state index is 0. The van der Waals surface area contributed by atoms with Gasteiger partial charge in [0, 0.05) is 78.4 Å². The van der Waals surface area contributed by atoms with Crippen LogP contribution in [0.3, 0.4) is 0 Å². The van der Waals surface area contributed by atoms with E-state index in [0.717, 1.165) is 0 Å². The first-order valence-corrected chi connectivity index (χ1v) is 8.81. The molecule has 5 N–H and O–H groups in total. The van der Waals surface area contributed by atoms with Crippen molar-refractivity contribution in [2.75, 3.05) is 73.0 Å². The van der Waals surface area contributed by atoms with Crippen molar-refractivity contribution in [1.82, 2.24) is 25.3 Å². The van der Waals surface area contributed by atoms with Crippen LogP contribution in [-0.4, -0.2) is 133 Å². The molecule has 0 unspecified atom stereocenters. The van der Waals surface area contributed by atoms with Crippen LogP contribution in [0.5, 0.6) is 0 Å². The Bertz CT molecular complexity index is 550. The number of hydrogen-bond acceptors (Lipinski definition) is 8. The molecule has 0 aromatic carbocycles. The number of carbonyl (C=O) groups excluding carboxylic acids is 2. The number of aliphatic carboxylic acids is 3. The minimum atomic E-state index is -1.13. The molecule has 13 nitrogen and oxygen atoms in total. The van der Waals surface area contributed by atoms with Gasteiger partial charge in [-0.2, -0.15) is 0 Å². The average Bonchev–Trinajstić information content (AvgIpc) is 2.61. The molecule has 0 saturated heterocycles. The molecule has 0 aliphatic rings. The standard InChI is InChI=1S/C16H29N5O8.Dy/c1-17-12(22)7-20(10-15(26)27)5-3-19(9-14(24)25)4-6-21(11-16(28)29)8-13(23)18-2;/h3-11H2,1-2H3,(H,17,22)(H,18,23)(H,24,25)(H,26,27)(H,28,29);. The van der Waals surface area contributed by atoms with Crippen LogP contribution >= 0.6 is 0 Å². The van der Waals surface area contributed by atoms with Crippen molar-refractivity contribution in [3.63, 3.8) is 0 Å². The van der Waals surface area contributed by atoms with E-state index in [1.807, 2.05) is 0 Å². The summed E-state index contributed by atoms with van der Waals surface area (Å²) in [6.45, 7) is -0.969. The van der Waals surface area contributed by atoms with E-state index in [2.05, 4.69) is 10.6 Å². The molecule has 0 aromatic heterocycles. The van der Waals surface area contributed by atoms with Crippen LogP contribution in [0.25, 0.3) is 0 Å². The van der Waals surface area contributed by atoms with Gasteiger partial charge in [0.15, 0.2) is 0 Å². The van der Waals surface area contributed by atoms with Crippen molar-refractivity contribution >= 4 is 29.7 Å². The maximum absolute atomic E-state index is 11.5. The van der Waals surface area contributed by atoms with Gasteiger partial charge in [0.2, 0.25) is 11.8 Å². The Balaban J connectivity index is 0. The first-order chi connectivity index (χ1) is 13.6. The van der Waals surface area contributed by atoms with Crippen molar-refractivity contribution in [1.29, 1.82) is 0 Å². The van der Waals surface area contributed by atoms with Crippen LogP contribution in [0, 0.1) is 38.2 Å². The monoisotopic (exact) mass is 583 g/mol. The molecule has 14 heteroatoms. The Hall–Kier alpha value is -1.50. The average molecular weight is 582 g/mol. The number of nitrogens with zero attached hydrogens (tertiary/aromatic N) is 3. The van der Waals surface area contributed by atoms with Crippen molar-refractivity contribution in [2.24, 2.45) is 0 Å². The SMILES string of the molecule is CNC(=O)CN(CCN(CCN(CC(=O)O)CC(=O)NC)CC(=O)O)CC(=O)O.[Dy]. The molecule has 0 aliphatic heterocycles. The van der Waals surface area contributed by atoms with Crippen molar-refractivity contribution in [3.8, 4) is 0 Å². The fourth-order valence-electron chi connectivity index (χ4n) is 2.40. The molecule has 2 amide bonds. The zero-order valence-corrected chi connectivity index (χ0v) is 18.9. The fraction of sp³-hybridized carbons (Fsp3) is 0.688. The zero-order valence-electron chi connectivity index (χ0n) is 16.9. The Morgan fingerprint density at radius 1 is 0.567 bits per heavy atom. The van der Waals surface area contributed by atoms with Gasteiger partial charge < -0.3 is 26.0 Å². The summed E-state index contributed by atoms with van der Waals surface area (Å²) < 4.78 is 0. The van der Waals surface area contributed by atoms with Crippen molar-refractivity contribution in [2.45, 2.75) is 0 Å². The maximum atomic E-state index is 11.5. The molecule has 0 radical (unpaired) electrons. The zero-order chi connectivity index (χ0) is 22.4. The number of amides is 2. The van der Waals surface area contributed by atoms with Gasteiger partial charge in [0.1, 0.15) is 0 Å². The fourth-order valence-corrected chi connectivity index (χ4v) is 2.40. The molecule has 0 atom stereocenters. The third kappa shape index (κ3) is 16.3. The van der Waals surface area contributed by atoms with E-state index in [1.54, 1.807) is 0 Å². The number of carboxylic acids is 3. The molecule has 30 heavy (non-hydrogen) atoms. The van der Waals surface area contributed by atoms with Crippen LogP contribution in [0.4, 0.5) is 0 Å². The van der Waals surface area contributed by atoms with Gasteiger partial charge in [-0.25, -0.2) is 0 Å². The molecule has 0 saturated carbocycles. The Morgan fingerprint density at radius 3 is 1.10 bits per heavy atom. The van der Waals surface area contributed by atoms with E-state index in [-0.39, 0.29) is 95.8 Å². The summed E-state index contributed by atoms with van der Waals surface area (Å²) in [7, 11) is 2.84. The van der Waals surface area contributed by atoms with Gasteiger partial charge in [-0.3, -0.25) is 38.7 Å². The van der Waals surface area contributed by atoms with E-state index in [1.165, 1.54) is 28.8 Å². The van der Waals surface area contributed by atoms with E-state index in [9.17, 15) is 24.0 Å². The predicted molar refractivity (Wildman–Crippen MR) is 100 cm³/mol. The number of likely N-dealkylation sites (N-methyl/N-ethyl adjacent to an activating group) is 2. The van der Waals surface area contributed by atoms with Crippen molar-refractivity contribution in [3.05, 3.63) is 0 Å².